The first-order chi connectivity index (χ1) is 11.6. The van der Waals surface area contributed by atoms with Crippen molar-refractivity contribution in [3.8, 4) is 10.7 Å². The van der Waals surface area contributed by atoms with Gasteiger partial charge in [-0.3, -0.25) is 10.1 Å². The van der Waals surface area contributed by atoms with Crippen molar-refractivity contribution in [2.45, 2.75) is 19.9 Å². The van der Waals surface area contributed by atoms with E-state index in [-0.39, 0.29) is 10.6 Å². The second kappa shape index (κ2) is 7.10. The van der Waals surface area contributed by atoms with Gasteiger partial charge in [0.15, 0.2) is 0 Å². The van der Waals surface area contributed by atoms with Crippen molar-refractivity contribution in [1.29, 1.82) is 0 Å². The highest BCUT2D eigenvalue weighted by molar-refractivity contribution is 9.10. The molecule has 0 radical (unpaired) electrons. The number of nitrogens with one attached hydrogen (secondary N) is 1. The van der Waals surface area contributed by atoms with Crippen LogP contribution in [0.15, 0.2) is 38.6 Å². The maximum Gasteiger partial charge on any atom is 0.274 e. The summed E-state index contributed by atoms with van der Waals surface area (Å²) in [5.41, 5.74) is 1.45. The van der Waals surface area contributed by atoms with E-state index in [2.05, 4.69) is 31.4 Å². The fourth-order valence-corrected chi connectivity index (χ4v) is 3.53. The molecule has 3 aromatic rings. The minimum absolute atomic E-state index is 0.108. The Morgan fingerprint density at radius 1 is 1.42 bits per heavy atom. The van der Waals surface area contributed by atoms with Crippen LogP contribution in [0.5, 0.6) is 0 Å². The van der Waals surface area contributed by atoms with Crippen molar-refractivity contribution in [1.82, 2.24) is 10.1 Å². The largest absolute Gasteiger partial charge is 0.376 e. The zero-order valence-corrected chi connectivity index (χ0v) is 15.1. The van der Waals surface area contributed by atoms with Crippen LogP contribution in [0.25, 0.3) is 10.7 Å². The molecular formula is C15H13BrN4O3S. The van der Waals surface area contributed by atoms with Gasteiger partial charge < -0.3 is 9.84 Å². The second-order valence-corrected chi connectivity index (χ2v) is 6.78. The molecule has 1 aromatic carbocycles. The Kier molecular flexibility index (Phi) is 4.91. The molecule has 7 nitrogen and oxygen atoms in total. The first-order valence-electron chi connectivity index (χ1n) is 7.15. The summed E-state index contributed by atoms with van der Waals surface area (Å²) in [5.74, 6) is 0.937. The van der Waals surface area contributed by atoms with E-state index in [1.807, 2.05) is 18.4 Å². The number of aryl methyl sites for hydroxylation is 1. The highest BCUT2D eigenvalue weighted by Gasteiger charge is 2.14. The van der Waals surface area contributed by atoms with Gasteiger partial charge in [0.1, 0.15) is 0 Å². The highest BCUT2D eigenvalue weighted by atomic mass is 79.9. The zero-order chi connectivity index (χ0) is 17.1. The van der Waals surface area contributed by atoms with Crippen molar-refractivity contribution in [2.24, 2.45) is 0 Å². The van der Waals surface area contributed by atoms with Gasteiger partial charge in [-0.2, -0.15) is 4.98 Å². The fraction of sp³-hybridized carbons (Fsp3) is 0.200. The number of nitro groups is 1. The normalized spacial score (nSPS) is 10.8. The first-order valence-corrected chi connectivity index (χ1v) is 8.82. The molecule has 3 rings (SSSR count). The summed E-state index contributed by atoms with van der Waals surface area (Å²) in [6, 6.07) is 6.99. The van der Waals surface area contributed by atoms with Crippen LogP contribution >= 0.6 is 27.3 Å². The number of halogens is 1. The van der Waals surface area contributed by atoms with E-state index in [1.54, 1.807) is 12.1 Å². The maximum atomic E-state index is 11.1. The number of hydrogen-bond acceptors (Lipinski definition) is 7. The molecule has 2 aromatic heterocycles. The van der Waals surface area contributed by atoms with E-state index < -0.39 is 0 Å². The summed E-state index contributed by atoms with van der Waals surface area (Å²) in [7, 11) is 0. The summed E-state index contributed by atoms with van der Waals surface area (Å²) >= 11 is 4.90. The van der Waals surface area contributed by atoms with Gasteiger partial charge >= 0.3 is 0 Å². The lowest BCUT2D eigenvalue weighted by Crippen LogP contribution is -2.02. The quantitative estimate of drug-likeness (QED) is 0.471. The molecule has 0 aliphatic heterocycles. The van der Waals surface area contributed by atoms with Crippen molar-refractivity contribution in [3.05, 3.63) is 55.7 Å². The molecule has 1 N–H and O–H groups in total. The molecule has 0 saturated heterocycles. The summed E-state index contributed by atoms with van der Waals surface area (Å²) in [6.45, 7) is 2.18. The fourth-order valence-electron chi connectivity index (χ4n) is 2.18. The Labute approximate surface area is 150 Å². The molecule has 0 aliphatic rings. The second-order valence-electron chi connectivity index (χ2n) is 4.95. The van der Waals surface area contributed by atoms with Gasteiger partial charge in [-0.1, -0.05) is 18.1 Å². The lowest BCUT2D eigenvalue weighted by molar-refractivity contribution is -0.385. The van der Waals surface area contributed by atoms with E-state index in [0.29, 0.717) is 35.9 Å². The molecule has 9 heteroatoms. The van der Waals surface area contributed by atoms with Crippen LogP contribution in [-0.2, 0) is 13.0 Å². The molecule has 0 unspecified atom stereocenters. The predicted octanol–water partition coefficient (Wildman–Crippen LogP) is 4.64. The smallest absolute Gasteiger partial charge is 0.274 e. The lowest BCUT2D eigenvalue weighted by Gasteiger charge is -2.05. The van der Waals surface area contributed by atoms with Crippen molar-refractivity contribution < 1.29 is 9.45 Å². The predicted molar refractivity (Wildman–Crippen MR) is 95.1 cm³/mol. The van der Waals surface area contributed by atoms with Crippen LogP contribution in [0.1, 0.15) is 18.4 Å². The van der Waals surface area contributed by atoms with Crippen molar-refractivity contribution in [3.63, 3.8) is 0 Å². The van der Waals surface area contributed by atoms with Gasteiger partial charge in [0, 0.05) is 27.2 Å². The van der Waals surface area contributed by atoms with E-state index in [0.717, 1.165) is 9.35 Å². The minimum Gasteiger partial charge on any atom is -0.376 e. The van der Waals surface area contributed by atoms with E-state index >= 15 is 0 Å². The summed E-state index contributed by atoms with van der Waals surface area (Å²) < 4.78 is 6.17. The van der Waals surface area contributed by atoms with Crippen LogP contribution in [0.3, 0.4) is 0 Å². The first kappa shape index (κ1) is 16.6. The molecule has 0 atom stereocenters. The third kappa shape index (κ3) is 3.62. The number of anilines is 1. The molecule has 0 amide bonds. The monoisotopic (exact) mass is 408 g/mol. The molecular weight excluding hydrogens is 396 g/mol. The van der Waals surface area contributed by atoms with Gasteiger partial charge in [-0.05, 0) is 34.5 Å². The molecule has 0 aliphatic carbocycles. The summed E-state index contributed by atoms with van der Waals surface area (Å²) in [4.78, 5) is 16.0. The average Bonchev–Trinajstić information content (AvgIpc) is 3.21. The van der Waals surface area contributed by atoms with Gasteiger partial charge in [0.25, 0.3) is 5.69 Å². The van der Waals surface area contributed by atoms with E-state index in [9.17, 15) is 10.1 Å². The number of rotatable bonds is 6. The zero-order valence-electron chi connectivity index (χ0n) is 12.7. The van der Waals surface area contributed by atoms with Crippen molar-refractivity contribution in [2.75, 3.05) is 5.32 Å². The minimum atomic E-state index is -0.372. The van der Waals surface area contributed by atoms with E-state index in [1.165, 1.54) is 17.4 Å². The average molecular weight is 409 g/mol. The third-order valence-corrected chi connectivity index (χ3v) is 5.05. The Bertz CT molecular complexity index is 877. The molecule has 0 fully saturated rings. The molecule has 0 spiro atoms. The van der Waals surface area contributed by atoms with Crippen molar-refractivity contribution >= 4 is 38.6 Å². The van der Waals surface area contributed by atoms with Crippen LogP contribution in [0, 0.1) is 10.1 Å². The topological polar surface area (TPSA) is 94.1 Å². The van der Waals surface area contributed by atoms with Crippen LogP contribution in [-0.4, -0.2) is 15.1 Å². The number of thiophene rings is 1. The Balaban J connectivity index is 1.71. The molecule has 2 heterocycles. The Morgan fingerprint density at radius 3 is 2.92 bits per heavy atom. The SMILES string of the molecule is CCc1ccc(NCc2nc(-c3cc(Br)cs3)no2)cc1[N+](=O)[O-]. The van der Waals surface area contributed by atoms with Gasteiger partial charge in [-0.15, -0.1) is 11.3 Å². The van der Waals surface area contributed by atoms with Gasteiger partial charge in [0.05, 0.1) is 16.3 Å². The van der Waals surface area contributed by atoms with Crippen LogP contribution < -0.4 is 5.32 Å². The summed E-state index contributed by atoms with van der Waals surface area (Å²) in [5, 5.41) is 20.1. The lowest BCUT2D eigenvalue weighted by atomic mass is 10.1. The highest BCUT2D eigenvalue weighted by Crippen LogP contribution is 2.28. The molecule has 124 valence electrons. The Hall–Kier alpha value is -2.26. The maximum absolute atomic E-state index is 11.1. The number of benzene rings is 1. The molecule has 24 heavy (non-hydrogen) atoms. The van der Waals surface area contributed by atoms with E-state index in [4.69, 9.17) is 4.52 Å². The van der Waals surface area contributed by atoms with Gasteiger partial charge in [0.2, 0.25) is 11.7 Å². The van der Waals surface area contributed by atoms with Crippen LogP contribution in [0.2, 0.25) is 0 Å². The number of aromatic nitrogens is 2. The molecule has 0 saturated carbocycles. The third-order valence-electron chi connectivity index (χ3n) is 3.36. The van der Waals surface area contributed by atoms with Crippen LogP contribution in [0.4, 0.5) is 11.4 Å². The number of nitro benzene ring substituents is 1. The van der Waals surface area contributed by atoms with Gasteiger partial charge in [-0.25, -0.2) is 0 Å². The number of hydrogen-bond donors (Lipinski definition) is 1. The summed E-state index contributed by atoms with van der Waals surface area (Å²) in [6.07, 6.45) is 0.611. The molecule has 0 bridgehead atoms. The standard InChI is InChI=1S/C15H13BrN4O3S/c1-2-9-3-4-11(6-12(9)20(21)22)17-7-14-18-15(19-23-14)13-5-10(16)8-24-13/h3-6,8,17H,2,7H2,1H3. The Morgan fingerprint density at radius 2 is 2.25 bits per heavy atom. The number of nitrogens with zero attached hydrogens (tertiary/aromatic N) is 3.